The summed E-state index contributed by atoms with van der Waals surface area (Å²) < 4.78 is 0. The van der Waals surface area contributed by atoms with Crippen LogP contribution in [0.15, 0.2) is 78.8 Å². The summed E-state index contributed by atoms with van der Waals surface area (Å²) in [7, 11) is 0. The molecule has 0 spiro atoms. The number of rotatable bonds is 5. The van der Waals surface area contributed by atoms with Crippen LogP contribution in [0.1, 0.15) is 16.7 Å². The molecule has 2 aromatic heterocycles. The van der Waals surface area contributed by atoms with Crippen molar-refractivity contribution in [3.8, 4) is 16.8 Å². The minimum Gasteiger partial charge on any atom is -0.302 e. The predicted octanol–water partition coefficient (Wildman–Crippen LogP) is 7.08. The molecule has 154 valence electrons. The highest BCUT2D eigenvalue weighted by Gasteiger charge is 2.16. The van der Waals surface area contributed by atoms with Crippen molar-refractivity contribution in [2.75, 3.05) is 4.90 Å². The van der Waals surface area contributed by atoms with Gasteiger partial charge in [-0.2, -0.15) is 0 Å². The van der Waals surface area contributed by atoms with Gasteiger partial charge in [-0.05, 0) is 56.3 Å². The lowest BCUT2D eigenvalue weighted by Gasteiger charge is -2.23. The van der Waals surface area contributed by atoms with E-state index < -0.39 is 0 Å². The van der Waals surface area contributed by atoms with Gasteiger partial charge in [-0.3, -0.25) is 0 Å². The number of hydrogen-bond donors (Lipinski definition) is 0. The number of aromatic nitrogens is 2. The lowest BCUT2D eigenvalue weighted by atomic mass is 10.1. The van der Waals surface area contributed by atoms with E-state index in [0.717, 1.165) is 21.3 Å². The van der Waals surface area contributed by atoms with E-state index in [4.69, 9.17) is 11.8 Å². The minimum atomic E-state index is 0.00611. The average molecular weight is 434 g/mol. The van der Waals surface area contributed by atoms with Crippen LogP contribution in [0, 0.1) is 31.8 Å². The van der Waals surface area contributed by atoms with Crippen LogP contribution in [0.25, 0.3) is 21.6 Å². The van der Waals surface area contributed by atoms with Crippen molar-refractivity contribution in [3.63, 3.8) is 0 Å². The summed E-state index contributed by atoms with van der Waals surface area (Å²) in [5.41, 5.74) is 5.22. The number of thiophene rings is 1. The summed E-state index contributed by atoms with van der Waals surface area (Å²) in [6, 6.07) is 22.9. The van der Waals surface area contributed by atoms with Gasteiger partial charge in [0.15, 0.2) is 5.82 Å². The van der Waals surface area contributed by atoms with Gasteiger partial charge in [0, 0.05) is 29.3 Å². The summed E-state index contributed by atoms with van der Waals surface area (Å²) in [5.74, 6) is 0.604. The highest BCUT2D eigenvalue weighted by Crippen LogP contribution is 2.41. The van der Waals surface area contributed by atoms with E-state index in [1.165, 1.54) is 17.2 Å². The smallest absolute Gasteiger partial charge is 0.262 e. The number of allylic oxidation sites excluding steroid dienone is 1. The van der Waals surface area contributed by atoms with Gasteiger partial charge in [0.1, 0.15) is 5.00 Å². The first-order chi connectivity index (χ1) is 15.6. The summed E-state index contributed by atoms with van der Waals surface area (Å²) in [5, 5.41) is 9.97. The molecule has 0 radical (unpaired) electrons. The Morgan fingerprint density at radius 2 is 1.50 bits per heavy atom. The fourth-order valence-electron chi connectivity index (χ4n) is 3.15. The van der Waals surface area contributed by atoms with Gasteiger partial charge in [0.2, 0.25) is 0 Å². The molecule has 0 amide bonds. The van der Waals surface area contributed by atoms with Crippen LogP contribution in [-0.2, 0) is 0 Å². The normalized spacial score (nSPS) is 10.9. The molecule has 32 heavy (non-hydrogen) atoms. The molecule has 0 unspecified atom stereocenters. The van der Waals surface area contributed by atoms with Crippen molar-refractivity contribution >= 4 is 33.8 Å². The molecule has 4 rings (SSSR count). The Morgan fingerprint density at radius 1 is 0.938 bits per heavy atom. The van der Waals surface area contributed by atoms with E-state index in [1.807, 2.05) is 12.1 Å². The number of anilines is 3. The van der Waals surface area contributed by atoms with Crippen molar-refractivity contribution in [2.24, 2.45) is 0 Å². The van der Waals surface area contributed by atoms with Crippen molar-refractivity contribution in [2.45, 2.75) is 13.8 Å². The van der Waals surface area contributed by atoms with Crippen molar-refractivity contribution < 1.29 is 0 Å². The van der Waals surface area contributed by atoms with E-state index in [-0.39, 0.29) is 5.70 Å². The third-order valence-corrected chi connectivity index (χ3v) is 5.89. The summed E-state index contributed by atoms with van der Waals surface area (Å²) in [6.07, 6.45) is 4.73. The summed E-state index contributed by atoms with van der Waals surface area (Å²) >= 11 is 1.61. The predicted molar refractivity (Wildman–Crippen MR) is 130 cm³/mol. The number of benzene rings is 2. The highest BCUT2D eigenvalue weighted by molar-refractivity contribution is 7.19. The summed E-state index contributed by atoms with van der Waals surface area (Å²) in [6.45, 7) is 11.1. The minimum absolute atomic E-state index is 0.00611. The van der Waals surface area contributed by atoms with E-state index in [9.17, 15) is 0 Å². The Balaban J connectivity index is 1.69. The lowest BCUT2D eigenvalue weighted by Crippen LogP contribution is -2.08. The van der Waals surface area contributed by atoms with Gasteiger partial charge < -0.3 is 4.90 Å². The summed E-state index contributed by atoms with van der Waals surface area (Å²) in [4.78, 5) is 15.2. The Bertz CT molecular complexity index is 1270. The van der Waals surface area contributed by atoms with Gasteiger partial charge >= 0.3 is 0 Å². The van der Waals surface area contributed by atoms with Gasteiger partial charge in [-0.25, -0.2) is 20.1 Å². The van der Waals surface area contributed by atoms with Gasteiger partial charge in [0.25, 0.3) is 5.70 Å². The van der Waals surface area contributed by atoms with Gasteiger partial charge in [-0.15, -0.1) is 11.3 Å². The first-order valence-electron chi connectivity index (χ1n) is 9.92. The standard InChI is InChI=1S/C26H19N5S/c1-18-4-8-22(9-5-18)31(23-10-6-19(2)7-11-23)25-13-12-24(32-25)26-29-16-20(17-30-26)14-21(15-27)28-3/h4-14,16-17H,1-2H3/b21-14-. The third kappa shape index (κ3) is 4.57. The number of aryl methyl sites for hydroxylation is 2. The molecule has 0 bridgehead atoms. The maximum atomic E-state index is 8.92. The maximum absolute atomic E-state index is 8.92. The molecule has 0 atom stereocenters. The van der Waals surface area contributed by atoms with Crippen molar-refractivity contribution in [3.05, 3.63) is 107 Å². The average Bonchev–Trinajstić information content (AvgIpc) is 3.30. The molecule has 5 nitrogen and oxygen atoms in total. The van der Waals surface area contributed by atoms with Crippen LogP contribution in [-0.4, -0.2) is 9.97 Å². The molecule has 0 N–H and O–H groups in total. The molecule has 0 saturated heterocycles. The van der Waals surface area contributed by atoms with E-state index >= 15 is 0 Å². The van der Waals surface area contributed by atoms with Crippen LogP contribution in [0.5, 0.6) is 0 Å². The molecule has 4 aromatic rings. The van der Waals surface area contributed by atoms with Crippen molar-refractivity contribution in [1.29, 1.82) is 5.26 Å². The highest BCUT2D eigenvalue weighted by atomic mass is 32.1. The zero-order valence-corrected chi connectivity index (χ0v) is 18.5. The Morgan fingerprint density at radius 3 is 2.00 bits per heavy atom. The number of nitrogens with zero attached hydrogens (tertiary/aromatic N) is 5. The second kappa shape index (κ2) is 9.26. The molecular weight excluding hydrogens is 414 g/mol. The van der Waals surface area contributed by atoms with E-state index in [2.05, 4.69) is 88.2 Å². The second-order valence-corrected chi connectivity index (χ2v) is 8.30. The zero-order valence-electron chi connectivity index (χ0n) is 17.6. The number of hydrogen-bond acceptors (Lipinski definition) is 5. The quantitative estimate of drug-likeness (QED) is 0.249. The number of nitriles is 1. The molecule has 0 aliphatic rings. The Labute approximate surface area is 191 Å². The fraction of sp³-hybridized carbons (Fsp3) is 0.0769. The molecule has 6 heteroatoms. The monoisotopic (exact) mass is 433 g/mol. The first-order valence-corrected chi connectivity index (χ1v) is 10.7. The molecule has 0 aliphatic heterocycles. The molecular formula is C26H19N5S. The van der Waals surface area contributed by atoms with Crippen LogP contribution in [0.2, 0.25) is 0 Å². The van der Waals surface area contributed by atoms with E-state index in [1.54, 1.807) is 23.7 Å². The SMILES string of the molecule is [C-]#[N+]/C(C#N)=C\c1cnc(-c2ccc(N(c3ccc(C)cc3)c3ccc(C)cc3)s2)nc1. The zero-order chi connectivity index (χ0) is 22.5. The molecule has 2 aromatic carbocycles. The molecule has 2 heterocycles. The lowest BCUT2D eigenvalue weighted by molar-refractivity contribution is 1.18. The fourth-order valence-corrected chi connectivity index (χ4v) is 4.14. The van der Waals surface area contributed by atoms with E-state index in [0.29, 0.717) is 11.4 Å². The van der Waals surface area contributed by atoms with Crippen LogP contribution in [0.4, 0.5) is 16.4 Å². The third-order valence-electron chi connectivity index (χ3n) is 4.83. The van der Waals surface area contributed by atoms with Crippen LogP contribution in [0.3, 0.4) is 0 Å². The second-order valence-electron chi connectivity index (χ2n) is 7.24. The Hall–Kier alpha value is -4.26. The molecule has 0 aliphatic carbocycles. The van der Waals surface area contributed by atoms with Crippen molar-refractivity contribution in [1.82, 2.24) is 9.97 Å². The maximum Gasteiger partial charge on any atom is 0.262 e. The Kier molecular flexibility index (Phi) is 6.07. The van der Waals surface area contributed by atoms with Gasteiger partial charge in [-0.1, -0.05) is 35.4 Å². The topological polar surface area (TPSA) is 57.2 Å². The van der Waals surface area contributed by atoms with Crippen LogP contribution >= 0.6 is 11.3 Å². The molecule has 0 fully saturated rings. The first kappa shape index (κ1) is 21.0. The largest absolute Gasteiger partial charge is 0.302 e. The molecule has 0 saturated carbocycles. The van der Waals surface area contributed by atoms with Gasteiger partial charge in [0.05, 0.1) is 17.5 Å². The van der Waals surface area contributed by atoms with Crippen LogP contribution < -0.4 is 4.90 Å².